The Hall–Kier alpha value is -0.650. The van der Waals surface area contributed by atoms with Gasteiger partial charge in [-0.15, -0.1) is 0 Å². The molecule has 0 heterocycles. The van der Waals surface area contributed by atoms with Crippen molar-refractivity contribution in [3.8, 4) is 0 Å². The van der Waals surface area contributed by atoms with Gasteiger partial charge in [0, 0.05) is 13.2 Å². The molecule has 0 spiro atoms. The number of hydrogen-bond donors (Lipinski definition) is 2. The number of rotatable bonds is 9. The highest BCUT2D eigenvalue weighted by Gasteiger charge is 2.18. The third-order valence-corrected chi connectivity index (χ3v) is 2.25. The lowest BCUT2D eigenvalue weighted by Gasteiger charge is -2.21. The quantitative estimate of drug-likeness (QED) is 0.559. The van der Waals surface area contributed by atoms with E-state index in [0.717, 1.165) is 12.8 Å². The van der Waals surface area contributed by atoms with Gasteiger partial charge in [-0.3, -0.25) is 10.1 Å². The molecule has 0 aromatic carbocycles. The Balaban J connectivity index is 4.00. The Labute approximate surface area is 97.7 Å². The van der Waals surface area contributed by atoms with E-state index in [1.54, 1.807) is 21.0 Å². The molecule has 0 aromatic heterocycles. The summed E-state index contributed by atoms with van der Waals surface area (Å²) in [5.74, 6) is -0.226. The summed E-state index contributed by atoms with van der Waals surface area (Å²) in [4.78, 5) is 11.4. The second-order valence-electron chi connectivity index (χ2n) is 3.72. The summed E-state index contributed by atoms with van der Waals surface area (Å²) in [6.45, 7) is 5.22. The molecule has 5 nitrogen and oxygen atoms in total. The van der Waals surface area contributed by atoms with E-state index in [2.05, 4.69) is 5.32 Å². The molecule has 5 heteroatoms. The topological polar surface area (TPSA) is 73.6 Å². The molecular weight excluding hydrogens is 208 g/mol. The van der Waals surface area contributed by atoms with Crippen molar-refractivity contribution in [2.24, 2.45) is 5.73 Å². The SMILES string of the molecule is CCOC(=O)C(C)NC(CCCN)COC. The molecule has 0 aliphatic rings. The highest BCUT2D eigenvalue weighted by Crippen LogP contribution is 2.00. The number of carbonyl (C=O) groups excluding carboxylic acids is 1. The third-order valence-electron chi connectivity index (χ3n) is 2.25. The number of nitrogens with one attached hydrogen (secondary N) is 1. The molecule has 0 aliphatic carbocycles. The zero-order chi connectivity index (χ0) is 12.4. The van der Waals surface area contributed by atoms with E-state index in [1.165, 1.54) is 0 Å². The largest absolute Gasteiger partial charge is 0.465 e. The average molecular weight is 232 g/mol. The minimum atomic E-state index is -0.308. The maximum atomic E-state index is 11.4. The van der Waals surface area contributed by atoms with E-state index in [0.29, 0.717) is 19.8 Å². The first-order valence-corrected chi connectivity index (χ1v) is 5.77. The molecule has 0 aliphatic heterocycles. The van der Waals surface area contributed by atoms with Gasteiger partial charge in [-0.25, -0.2) is 0 Å². The van der Waals surface area contributed by atoms with E-state index in [4.69, 9.17) is 15.2 Å². The highest BCUT2D eigenvalue weighted by atomic mass is 16.5. The summed E-state index contributed by atoms with van der Waals surface area (Å²) in [6.07, 6.45) is 1.81. The highest BCUT2D eigenvalue weighted by molar-refractivity contribution is 5.75. The van der Waals surface area contributed by atoms with Gasteiger partial charge in [0.15, 0.2) is 0 Å². The van der Waals surface area contributed by atoms with Gasteiger partial charge in [0.25, 0.3) is 0 Å². The molecule has 0 amide bonds. The number of esters is 1. The van der Waals surface area contributed by atoms with Crippen molar-refractivity contribution in [3.05, 3.63) is 0 Å². The first kappa shape index (κ1) is 15.3. The Morgan fingerprint density at radius 2 is 2.19 bits per heavy atom. The van der Waals surface area contributed by atoms with Crippen molar-refractivity contribution in [2.45, 2.75) is 38.8 Å². The minimum absolute atomic E-state index is 0.146. The van der Waals surface area contributed by atoms with Crippen molar-refractivity contribution < 1.29 is 14.3 Å². The van der Waals surface area contributed by atoms with E-state index in [-0.39, 0.29) is 18.1 Å². The molecule has 0 saturated heterocycles. The van der Waals surface area contributed by atoms with Crippen LogP contribution in [0.3, 0.4) is 0 Å². The van der Waals surface area contributed by atoms with Crippen LogP contribution in [0.25, 0.3) is 0 Å². The number of ether oxygens (including phenoxy) is 2. The van der Waals surface area contributed by atoms with Crippen molar-refractivity contribution in [3.63, 3.8) is 0 Å². The molecule has 3 N–H and O–H groups in total. The smallest absolute Gasteiger partial charge is 0.322 e. The van der Waals surface area contributed by atoms with Gasteiger partial charge in [0.2, 0.25) is 0 Å². The van der Waals surface area contributed by atoms with Crippen molar-refractivity contribution >= 4 is 5.97 Å². The molecule has 0 bridgehead atoms. The van der Waals surface area contributed by atoms with Crippen LogP contribution in [-0.4, -0.2) is 44.9 Å². The third kappa shape index (κ3) is 6.76. The molecule has 0 rings (SSSR count). The van der Waals surface area contributed by atoms with Gasteiger partial charge in [-0.1, -0.05) is 0 Å². The standard InChI is InChI=1S/C11H24N2O3/c1-4-16-11(14)9(2)13-10(8-15-3)6-5-7-12/h9-10,13H,4-8,12H2,1-3H3. The fourth-order valence-electron chi connectivity index (χ4n) is 1.47. The number of methoxy groups -OCH3 is 1. The molecule has 96 valence electrons. The van der Waals surface area contributed by atoms with Gasteiger partial charge in [-0.2, -0.15) is 0 Å². The Kier molecular flexibility index (Phi) is 9.18. The van der Waals surface area contributed by atoms with Crippen LogP contribution < -0.4 is 11.1 Å². The second kappa shape index (κ2) is 9.57. The maximum Gasteiger partial charge on any atom is 0.322 e. The molecule has 2 atom stereocenters. The van der Waals surface area contributed by atoms with E-state index >= 15 is 0 Å². The summed E-state index contributed by atoms with van der Waals surface area (Å²) in [5, 5.41) is 3.18. The fourth-order valence-corrected chi connectivity index (χ4v) is 1.47. The number of carbonyl (C=O) groups is 1. The summed E-state index contributed by atoms with van der Waals surface area (Å²) in [7, 11) is 1.64. The van der Waals surface area contributed by atoms with Gasteiger partial charge in [0.05, 0.1) is 13.2 Å². The Morgan fingerprint density at radius 1 is 1.50 bits per heavy atom. The van der Waals surface area contributed by atoms with Crippen LogP contribution in [-0.2, 0) is 14.3 Å². The van der Waals surface area contributed by atoms with Crippen molar-refractivity contribution in [2.75, 3.05) is 26.9 Å². The van der Waals surface area contributed by atoms with Gasteiger partial charge >= 0.3 is 5.97 Å². The predicted octanol–water partition coefficient (Wildman–Crippen LogP) is 0.282. The van der Waals surface area contributed by atoms with Gasteiger partial charge < -0.3 is 15.2 Å². The number of hydrogen-bond acceptors (Lipinski definition) is 5. The van der Waals surface area contributed by atoms with Crippen LogP contribution >= 0.6 is 0 Å². The maximum absolute atomic E-state index is 11.4. The van der Waals surface area contributed by atoms with E-state index in [1.807, 2.05) is 0 Å². The van der Waals surface area contributed by atoms with Crippen LogP contribution in [0.5, 0.6) is 0 Å². The Morgan fingerprint density at radius 3 is 2.69 bits per heavy atom. The first-order valence-electron chi connectivity index (χ1n) is 5.77. The van der Waals surface area contributed by atoms with Crippen molar-refractivity contribution in [1.82, 2.24) is 5.32 Å². The lowest BCUT2D eigenvalue weighted by Crippen LogP contribution is -2.44. The zero-order valence-electron chi connectivity index (χ0n) is 10.5. The van der Waals surface area contributed by atoms with E-state index < -0.39 is 0 Å². The second-order valence-corrected chi connectivity index (χ2v) is 3.72. The van der Waals surface area contributed by atoms with Crippen LogP contribution in [0.4, 0.5) is 0 Å². The van der Waals surface area contributed by atoms with Crippen LogP contribution in [0, 0.1) is 0 Å². The lowest BCUT2D eigenvalue weighted by atomic mass is 10.1. The Bertz CT molecular complexity index is 188. The number of nitrogens with two attached hydrogens (primary N) is 1. The van der Waals surface area contributed by atoms with Crippen LogP contribution in [0.1, 0.15) is 26.7 Å². The summed E-state index contributed by atoms with van der Waals surface area (Å²) < 4.78 is 10.0. The summed E-state index contributed by atoms with van der Waals surface area (Å²) >= 11 is 0. The molecule has 2 unspecified atom stereocenters. The molecule has 0 radical (unpaired) electrons. The first-order chi connectivity index (χ1) is 7.65. The van der Waals surface area contributed by atoms with Crippen molar-refractivity contribution in [1.29, 1.82) is 0 Å². The molecule has 16 heavy (non-hydrogen) atoms. The van der Waals surface area contributed by atoms with Crippen LogP contribution in [0.2, 0.25) is 0 Å². The van der Waals surface area contributed by atoms with Crippen LogP contribution in [0.15, 0.2) is 0 Å². The minimum Gasteiger partial charge on any atom is -0.465 e. The molecule has 0 saturated carbocycles. The zero-order valence-corrected chi connectivity index (χ0v) is 10.5. The lowest BCUT2D eigenvalue weighted by molar-refractivity contribution is -0.145. The fraction of sp³-hybridized carbons (Fsp3) is 0.909. The normalized spacial score (nSPS) is 14.5. The molecule has 0 fully saturated rings. The van der Waals surface area contributed by atoms with Gasteiger partial charge in [-0.05, 0) is 33.2 Å². The van der Waals surface area contributed by atoms with E-state index in [9.17, 15) is 4.79 Å². The molecule has 0 aromatic rings. The van der Waals surface area contributed by atoms with Gasteiger partial charge in [0.1, 0.15) is 6.04 Å². The predicted molar refractivity (Wildman–Crippen MR) is 63.2 cm³/mol. The molecular formula is C11H24N2O3. The summed E-state index contributed by atoms with van der Waals surface area (Å²) in [6, 6.07) is -0.161. The average Bonchev–Trinajstić information content (AvgIpc) is 2.26. The monoisotopic (exact) mass is 232 g/mol. The summed E-state index contributed by atoms with van der Waals surface area (Å²) in [5.41, 5.74) is 5.45.